The van der Waals surface area contributed by atoms with Crippen LogP contribution in [0.15, 0.2) is 12.1 Å². The van der Waals surface area contributed by atoms with Crippen molar-refractivity contribution in [2.45, 2.75) is 13.8 Å². The van der Waals surface area contributed by atoms with Gasteiger partial charge in [-0.05, 0) is 19.4 Å². The minimum atomic E-state index is -0.941. The van der Waals surface area contributed by atoms with Crippen LogP contribution in [-0.4, -0.2) is 30.7 Å². The maximum absolute atomic E-state index is 13.7. The SMILES string of the molecule is CCOCCOC(=O)c1cc([N+](=O)[O-])cc(C)c1F. The second kappa shape index (κ2) is 6.79. The molecule has 0 aliphatic rings. The van der Waals surface area contributed by atoms with Crippen LogP contribution in [0.3, 0.4) is 0 Å². The minimum Gasteiger partial charge on any atom is -0.460 e. The van der Waals surface area contributed by atoms with Crippen LogP contribution in [0.1, 0.15) is 22.8 Å². The fourth-order valence-electron chi connectivity index (χ4n) is 1.42. The molecule has 1 aromatic rings. The Balaban J connectivity index is 2.86. The molecule has 0 spiro atoms. The van der Waals surface area contributed by atoms with Crippen LogP contribution in [0, 0.1) is 22.9 Å². The first kappa shape index (κ1) is 15.0. The van der Waals surface area contributed by atoms with E-state index in [0.29, 0.717) is 6.61 Å². The average molecular weight is 271 g/mol. The lowest BCUT2D eigenvalue weighted by molar-refractivity contribution is -0.385. The highest BCUT2D eigenvalue weighted by atomic mass is 19.1. The van der Waals surface area contributed by atoms with E-state index < -0.39 is 22.3 Å². The Morgan fingerprint density at radius 3 is 2.68 bits per heavy atom. The minimum absolute atomic E-state index is 0.0194. The summed E-state index contributed by atoms with van der Waals surface area (Å²) in [6.45, 7) is 3.76. The van der Waals surface area contributed by atoms with E-state index in [1.54, 1.807) is 6.92 Å². The molecule has 0 aromatic heterocycles. The number of nitrogens with zero attached hydrogens (tertiary/aromatic N) is 1. The van der Waals surface area contributed by atoms with E-state index in [1.807, 2.05) is 0 Å². The molecule has 1 rings (SSSR count). The largest absolute Gasteiger partial charge is 0.460 e. The summed E-state index contributed by atoms with van der Waals surface area (Å²) >= 11 is 0. The summed E-state index contributed by atoms with van der Waals surface area (Å²) in [5.41, 5.74) is -0.773. The maximum Gasteiger partial charge on any atom is 0.341 e. The van der Waals surface area contributed by atoms with Gasteiger partial charge in [-0.25, -0.2) is 9.18 Å². The van der Waals surface area contributed by atoms with Gasteiger partial charge < -0.3 is 9.47 Å². The number of nitro benzene ring substituents is 1. The molecule has 1 aromatic carbocycles. The summed E-state index contributed by atoms with van der Waals surface area (Å²) < 4.78 is 23.4. The molecule has 0 radical (unpaired) electrons. The van der Waals surface area contributed by atoms with Crippen LogP contribution in [0.25, 0.3) is 0 Å². The molecule has 0 saturated heterocycles. The molecule has 104 valence electrons. The van der Waals surface area contributed by atoms with Crippen molar-refractivity contribution in [2.75, 3.05) is 19.8 Å². The van der Waals surface area contributed by atoms with Crippen molar-refractivity contribution < 1.29 is 23.6 Å². The Kier molecular flexibility index (Phi) is 5.37. The molecular weight excluding hydrogens is 257 g/mol. The third-order valence-corrected chi connectivity index (χ3v) is 2.33. The number of benzene rings is 1. The van der Waals surface area contributed by atoms with Crippen molar-refractivity contribution in [3.63, 3.8) is 0 Å². The van der Waals surface area contributed by atoms with Gasteiger partial charge in [0.15, 0.2) is 0 Å². The Bertz CT molecular complexity index is 489. The number of nitro groups is 1. The number of aryl methyl sites for hydroxylation is 1. The van der Waals surface area contributed by atoms with Gasteiger partial charge in [-0.2, -0.15) is 0 Å². The number of carbonyl (C=O) groups is 1. The Hall–Kier alpha value is -2.02. The summed E-state index contributed by atoms with van der Waals surface area (Å²) in [5.74, 6) is -1.75. The number of ether oxygens (including phenoxy) is 2. The van der Waals surface area contributed by atoms with Crippen LogP contribution in [0.2, 0.25) is 0 Å². The molecule has 7 heteroatoms. The predicted octanol–water partition coefficient (Wildman–Crippen LogP) is 2.24. The van der Waals surface area contributed by atoms with Gasteiger partial charge in [0.05, 0.1) is 11.5 Å². The second-order valence-corrected chi connectivity index (χ2v) is 3.71. The molecular formula is C12H14FNO5. The summed E-state index contributed by atoms with van der Waals surface area (Å²) in [4.78, 5) is 21.6. The molecule has 0 amide bonds. The number of rotatable bonds is 6. The van der Waals surface area contributed by atoms with E-state index in [1.165, 1.54) is 6.92 Å². The molecule has 0 unspecified atom stereocenters. The molecule has 0 fully saturated rings. The predicted molar refractivity (Wildman–Crippen MR) is 64.6 cm³/mol. The lowest BCUT2D eigenvalue weighted by atomic mass is 10.1. The Labute approximate surface area is 109 Å². The maximum atomic E-state index is 13.7. The number of halogens is 1. The van der Waals surface area contributed by atoms with Crippen LogP contribution in [0.4, 0.5) is 10.1 Å². The molecule has 0 atom stereocenters. The number of esters is 1. The normalized spacial score (nSPS) is 10.3. The lowest BCUT2D eigenvalue weighted by Gasteiger charge is -2.07. The van der Waals surface area contributed by atoms with Gasteiger partial charge in [-0.3, -0.25) is 10.1 Å². The van der Waals surface area contributed by atoms with Gasteiger partial charge in [0.1, 0.15) is 18.0 Å². The third-order valence-electron chi connectivity index (χ3n) is 2.33. The Morgan fingerprint density at radius 1 is 1.42 bits per heavy atom. The van der Waals surface area contributed by atoms with Crippen molar-refractivity contribution in [1.29, 1.82) is 0 Å². The second-order valence-electron chi connectivity index (χ2n) is 3.71. The van der Waals surface area contributed by atoms with Crippen LogP contribution < -0.4 is 0 Å². The number of carbonyl (C=O) groups excluding carboxylic acids is 1. The molecule has 0 bridgehead atoms. The summed E-state index contributed by atoms with van der Waals surface area (Å²) in [6.07, 6.45) is 0. The van der Waals surface area contributed by atoms with E-state index in [9.17, 15) is 19.3 Å². The standard InChI is InChI=1S/C12H14FNO5/c1-3-18-4-5-19-12(15)10-7-9(14(16)17)6-8(2)11(10)13/h6-7H,3-5H2,1-2H3. The smallest absolute Gasteiger partial charge is 0.341 e. The zero-order chi connectivity index (χ0) is 14.4. The average Bonchev–Trinajstić information content (AvgIpc) is 2.37. The number of non-ortho nitro benzene ring substituents is 1. The molecule has 0 heterocycles. The number of hydrogen-bond acceptors (Lipinski definition) is 5. The van der Waals surface area contributed by atoms with Crippen LogP contribution in [-0.2, 0) is 9.47 Å². The topological polar surface area (TPSA) is 78.7 Å². The van der Waals surface area contributed by atoms with Gasteiger partial charge in [0.2, 0.25) is 0 Å². The first-order valence-corrected chi connectivity index (χ1v) is 5.66. The summed E-state index contributed by atoms with van der Waals surface area (Å²) in [5, 5.41) is 10.6. The fraction of sp³-hybridized carbons (Fsp3) is 0.417. The molecule has 0 N–H and O–H groups in total. The van der Waals surface area contributed by atoms with Gasteiger partial charge in [0, 0.05) is 18.7 Å². The van der Waals surface area contributed by atoms with Gasteiger partial charge in [-0.1, -0.05) is 0 Å². The van der Waals surface area contributed by atoms with Gasteiger partial charge in [0.25, 0.3) is 5.69 Å². The lowest BCUT2D eigenvalue weighted by Crippen LogP contribution is -2.13. The quantitative estimate of drug-likeness (QED) is 0.343. The molecule has 0 saturated carbocycles. The fourth-order valence-corrected chi connectivity index (χ4v) is 1.42. The highest BCUT2D eigenvalue weighted by Crippen LogP contribution is 2.21. The molecule has 6 nitrogen and oxygen atoms in total. The first-order valence-electron chi connectivity index (χ1n) is 5.66. The highest BCUT2D eigenvalue weighted by molar-refractivity contribution is 5.90. The zero-order valence-electron chi connectivity index (χ0n) is 10.6. The van der Waals surface area contributed by atoms with Crippen molar-refractivity contribution in [1.82, 2.24) is 0 Å². The molecule has 19 heavy (non-hydrogen) atoms. The summed E-state index contributed by atoms with van der Waals surface area (Å²) in [6, 6.07) is 1.93. The Morgan fingerprint density at radius 2 is 2.11 bits per heavy atom. The van der Waals surface area contributed by atoms with Gasteiger partial charge >= 0.3 is 5.97 Å². The van der Waals surface area contributed by atoms with Gasteiger partial charge in [-0.15, -0.1) is 0 Å². The van der Waals surface area contributed by atoms with Crippen molar-refractivity contribution in [2.24, 2.45) is 0 Å². The van der Waals surface area contributed by atoms with Crippen LogP contribution in [0.5, 0.6) is 0 Å². The van der Waals surface area contributed by atoms with E-state index in [4.69, 9.17) is 9.47 Å². The van der Waals surface area contributed by atoms with E-state index in [-0.39, 0.29) is 24.5 Å². The molecule has 0 aliphatic heterocycles. The monoisotopic (exact) mass is 271 g/mol. The third kappa shape index (κ3) is 3.99. The van der Waals surface area contributed by atoms with E-state index >= 15 is 0 Å². The van der Waals surface area contributed by atoms with Crippen LogP contribution >= 0.6 is 0 Å². The first-order chi connectivity index (χ1) is 8.97. The molecule has 0 aliphatic carbocycles. The van der Waals surface area contributed by atoms with E-state index in [2.05, 4.69) is 0 Å². The van der Waals surface area contributed by atoms with E-state index in [0.717, 1.165) is 12.1 Å². The highest BCUT2D eigenvalue weighted by Gasteiger charge is 2.20. The van der Waals surface area contributed by atoms with Crippen molar-refractivity contribution in [3.8, 4) is 0 Å². The zero-order valence-corrected chi connectivity index (χ0v) is 10.6. The summed E-state index contributed by atoms with van der Waals surface area (Å²) in [7, 11) is 0. The number of hydrogen-bond donors (Lipinski definition) is 0. The van der Waals surface area contributed by atoms with Crippen molar-refractivity contribution >= 4 is 11.7 Å². The van der Waals surface area contributed by atoms with Crippen molar-refractivity contribution in [3.05, 3.63) is 39.2 Å².